The third kappa shape index (κ3) is 4.55. The van der Waals surface area contributed by atoms with E-state index in [-0.39, 0.29) is 0 Å². The smallest absolute Gasteiger partial charge is 0.128 e. The molecule has 0 aliphatic carbocycles. The van der Waals surface area contributed by atoms with Gasteiger partial charge in [-0.1, -0.05) is 33.8 Å². The van der Waals surface area contributed by atoms with Crippen LogP contribution in [0.2, 0.25) is 0 Å². The van der Waals surface area contributed by atoms with Crippen molar-refractivity contribution < 1.29 is 0 Å². The minimum absolute atomic E-state index is 0.676. The molecule has 0 radical (unpaired) electrons. The van der Waals surface area contributed by atoms with Gasteiger partial charge in [0.05, 0.1) is 0 Å². The largest absolute Gasteiger partial charge is 0.370 e. The van der Waals surface area contributed by atoms with E-state index in [0.29, 0.717) is 17.8 Å². The van der Waals surface area contributed by atoms with Crippen LogP contribution >= 0.6 is 0 Å². The molecule has 0 unspecified atom stereocenters. The van der Waals surface area contributed by atoms with Gasteiger partial charge in [0.2, 0.25) is 0 Å². The van der Waals surface area contributed by atoms with Crippen molar-refractivity contribution in [2.75, 3.05) is 23.7 Å². The van der Waals surface area contributed by atoms with E-state index >= 15 is 0 Å². The third-order valence-electron chi connectivity index (χ3n) is 3.34. The standard InChI is InChI=1S/C15H27N3/c1-6-16-14-8-7-9-15(18-14)17-10-13(11(2)3)12(4)5/h7-9,11-13H,6,10H2,1-5H3,(H2,16,17,18). The van der Waals surface area contributed by atoms with Gasteiger partial charge >= 0.3 is 0 Å². The molecular formula is C15H27N3. The highest BCUT2D eigenvalue weighted by Crippen LogP contribution is 2.21. The van der Waals surface area contributed by atoms with E-state index in [2.05, 4.69) is 50.2 Å². The van der Waals surface area contributed by atoms with Crippen molar-refractivity contribution in [2.45, 2.75) is 34.6 Å². The Morgan fingerprint density at radius 3 is 2.06 bits per heavy atom. The summed E-state index contributed by atoms with van der Waals surface area (Å²) in [4.78, 5) is 4.53. The van der Waals surface area contributed by atoms with Crippen molar-refractivity contribution in [3.8, 4) is 0 Å². The zero-order valence-electron chi connectivity index (χ0n) is 12.3. The molecule has 3 nitrogen and oxygen atoms in total. The van der Waals surface area contributed by atoms with Crippen molar-refractivity contribution in [1.29, 1.82) is 0 Å². The average Bonchev–Trinajstić information content (AvgIpc) is 2.29. The van der Waals surface area contributed by atoms with Gasteiger partial charge in [0.25, 0.3) is 0 Å². The molecule has 3 heteroatoms. The molecule has 0 atom stereocenters. The highest BCUT2D eigenvalue weighted by Gasteiger charge is 2.17. The van der Waals surface area contributed by atoms with Gasteiger partial charge in [-0.3, -0.25) is 0 Å². The highest BCUT2D eigenvalue weighted by atomic mass is 15.1. The van der Waals surface area contributed by atoms with E-state index in [1.165, 1.54) is 0 Å². The van der Waals surface area contributed by atoms with Crippen LogP contribution in [0.4, 0.5) is 11.6 Å². The van der Waals surface area contributed by atoms with E-state index < -0.39 is 0 Å². The number of nitrogens with one attached hydrogen (secondary N) is 2. The quantitative estimate of drug-likeness (QED) is 0.770. The van der Waals surface area contributed by atoms with E-state index in [4.69, 9.17) is 0 Å². The van der Waals surface area contributed by atoms with Gasteiger partial charge in [0.15, 0.2) is 0 Å². The predicted octanol–water partition coefficient (Wildman–Crippen LogP) is 3.85. The Morgan fingerprint density at radius 1 is 1.00 bits per heavy atom. The van der Waals surface area contributed by atoms with Crippen molar-refractivity contribution in [1.82, 2.24) is 4.98 Å². The second-order valence-electron chi connectivity index (χ2n) is 5.47. The van der Waals surface area contributed by atoms with Crippen LogP contribution in [0.3, 0.4) is 0 Å². The van der Waals surface area contributed by atoms with E-state index in [1.807, 2.05) is 18.2 Å². The number of pyridine rings is 1. The SMILES string of the molecule is CCNc1cccc(NCC(C(C)C)C(C)C)n1. The van der Waals surface area contributed by atoms with Gasteiger partial charge in [-0.2, -0.15) is 0 Å². The zero-order valence-corrected chi connectivity index (χ0v) is 12.3. The van der Waals surface area contributed by atoms with Crippen LogP contribution in [0.1, 0.15) is 34.6 Å². The van der Waals surface area contributed by atoms with Crippen LogP contribution in [0, 0.1) is 17.8 Å². The van der Waals surface area contributed by atoms with Crippen molar-refractivity contribution in [3.05, 3.63) is 18.2 Å². The number of rotatable bonds is 7. The maximum atomic E-state index is 4.53. The molecule has 102 valence electrons. The van der Waals surface area contributed by atoms with Crippen LogP contribution in [0.25, 0.3) is 0 Å². The average molecular weight is 249 g/mol. The lowest BCUT2D eigenvalue weighted by Gasteiger charge is -2.25. The molecule has 1 heterocycles. The van der Waals surface area contributed by atoms with Crippen molar-refractivity contribution in [2.24, 2.45) is 17.8 Å². The van der Waals surface area contributed by atoms with Crippen LogP contribution in [0.15, 0.2) is 18.2 Å². The first-order valence-corrected chi connectivity index (χ1v) is 6.99. The summed E-state index contributed by atoms with van der Waals surface area (Å²) in [5.41, 5.74) is 0. The molecular weight excluding hydrogens is 222 g/mol. The van der Waals surface area contributed by atoms with Crippen molar-refractivity contribution >= 4 is 11.6 Å². The van der Waals surface area contributed by atoms with Crippen LogP contribution < -0.4 is 10.6 Å². The minimum atomic E-state index is 0.676. The summed E-state index contributed by atoms with van der Waals surface area (Å²) in [6.07, 6.45) is 0. The molecule has 1 rings (SSSR count). The zero-order chi connectivity index (χ0) is 13.5. The molecule has 0 saturated carbocycles. The molecule has 0 amide bonds. The Morgan fingerprint density at radius 2 is 1.56 bits per heavy atom. The second kappa shape index (κ2) is 7.24. The van der Waals surface area contributed by atoms with E-state index in [0.717, 1.165) is 24.7 Å². The molecule has 0 fully saturated rings. The van der Waals surface area contributed by atoms with Crippen LogP contribution in [-0.2, 0) is 0 Å². The lowest BCUT2D eigenvalue weighted by atomic mass is 9.85. The summed E-state index contributed by atoms with van der Waals surface area (Å²) in [6, 6.07) is 6.06. The first-order chi connectivity index (χ1) is 8.54. The van der Waals surface area contributed by atoms with E-state index in [9.17, 15) is 0 Å². The van der Waals surface area contributed by atoms with Crippen LogP contribution in [-0.4, -0.2) is 18.1 Å². The summed E-state index contributed by atoms with van der Waals surface area (Å²) < 4.78 is 0. The summed E-state index contributed by atoms with van der Waals surface area (Å²) in [7, 11) is 0. The van der Waals surface area contributed by atoms with Gasteiger partial charge in [0, 0.05) is 13.1 Å². The highest BCUT2D eigenvalue weighted by molar-refractivity contribution is 5.44. The minimum Gasteiger partial charge on any atom is -0.370 e. The summed E-state index contributed by atoms with van der Waals surface area (Å²) in [6.45, 7) is 13.1. The van der Waals surface area contributed by atoms with Crippen LogP contribution in [0.5, 0.6) is 0 Å². The first-order valence-electron chi connectivity index (χ1n) is 6.99. The molecule has 1 aromatic rings. The number of hydrogen-bond donors (Lipinski definition) is 2. The molecule has 0 bridgehead atoms. The molecule has 2 N–H and O–H groups in total. The van der Waals surface area contributed by atoms with Crippen molar-refractivity contribution in [3.63, 3.8) is 0 Å². The monoisotopic (exact) mass is 249 g/mol. The first kappa shape index (κ1) is 14.8. The summed E-state index contributed by atoms with van der Waals surface area (Å²) >= 11 is 0. The van der Waals surface area contributed by atoms with Gasteiger partial charge in [-0.05, 0) is 36.8 Å². The molecule has 0 spiro atoms. The molecule has 0 aliphatic rings. The summed E-state index contributed by atoms with van der Waals surface area (Å²) in [5, 5.41) is 6.69. The molecule has 18 heavy (non-hydrogen) atoms. The Hall–Kier alpha value is -1.25. The molecule has 1 aromatic heterocycles. The molecule has 0 saturated heterocycles. The van der Waals surface area contributed by atoms with Gasteiger partial charge in [-0.15, -0.1) is 0 Å². The predicted molar refractivity (Wildman–Crippen MR) is 80.1 cm³/mol. The van der Waals surface area contributed by atoms with Gasteiger partial charge < -0.3 is 10.6 Å². The maximum Gasteiger partial charge on any atom is 0.128 e. The lowest BCUT2D eigenvalue weighted by Crippen LogP contribution is -2.24. The maximum absolute atomic E-state index is 4.53. The number of aromatic nitrogens is 1. The van der Waals surface area contributed by atoms with Gasteiger partial charge in [0.1, 0.15) is 11.6 Å². The molecule has 0 aliphatic heterocycles. The Bertz CT molecular complexity index is 339. The Labute approximate surface area is 111 Å². The topological polar surface area (TPSA) is 37.0 Å². The van der Waals surface area contributed by atoms with Gasteiger partial charge in [-0.25, -0.2) is 4.98 Å². The Kier molecular flexibility index (Phi) is 5.96. The normalized spacial score (nSPS) is 11.3. The fourth-order valence-corrected chi connectivity index (χ4v) is 2.28. The fourth-order valence-electron chi connectivity index (χ4n) is 2.28. The summed E-state index contributed by atoms with van der Waals surface area (Å²) in [5.74, 6) is 3.95. The second-order valence-corrected chi connectivity index (χ2v) is 5.47. The fraction of sp³-hybridized carbons (Fsp3) is 0.667. The Balaban J connectivity index is 2.59. The third-order valence-corrected chi connectivity index (χ3v) is 3.34. The van der Waals surface area contributed by atoms with E-state index in [1.54, 1.807) is 0 Å². The lowest BCUT2D eigenvalue weighted by molar-refractivity contribution is 0.304. The number of nitrogens with zero attached hydrogens (tertiary/aromatic N) is 1. The number of hydrogen-bond acceptors (Lipinski definition) is 3. The molecule has 0 aromatic carbocycles. The number of anilines is 2.